The molecule has 0 aromatic carbocycles. The predicted molar refractivity (Wildman–Crippen MR) is 31.2 cm³/mol. The van der Waals surface area contributed by atoms with E-state index >= 15 is 0 Å². The molecule has 18 heavy (non-hydrogen) atoms. The standard InChI is InChI=1S/C6F12/c7-1(2(8)4(11,12)13)3(9,10)5(14,15)6(16,17)18. The maximum Gasteiger partial charge on any atom is 0.460 e. The number of hydrogen-bond acceptors (Lipinski definition) is 0. The first kappa shape index (κ1) is 16.9. The Balaban J connectivity index is 5.83. The van der Waals surface area contributed by atoms with Gasteiger partial charge in [0, 0.05) is 0 Å². The number of rotatable bonds is 2. The van der Waals surface area contributed by atoms with Gasteiger partial charge in [0.15, 0.2) is 0 Å². The molecule has 0 aliphatic rings. The third-order valence-corrected chi connectivity index (χ3v) is 1.47. The van der Waals surface area contributed by atoms with E-state index in [4.69, 9.17) is 0 Å². The van der Waals surface area contributed by atoms with Gasteiger partial charge in [-0.05, 0) is 0 Å². The molecule has 0 spiro atoms. The monoisotopic (exact) mass is 300 g/mol. The Morgan fingerprint density at radius 2 is 0.889 bits per heavy atom. The highest BCUT2D eigenvalue weighted by molar-refractivity contribution is 5.18. The fraction of sp³-hybridized carbons (Fsp3) is 0.667. The molecule has 0 radical (unpaired) electrons. The molecule has 0 saturated heterocycles. The van der Waals surface area contributed by atoms with Gasteiger partial charge in [-0.2, -0.15) is 48.3 Å². The lowest BCUT2D eigenvalue weighted by Crippen LogP contribution is -2.52. The van der Waals surface area contributed by atoms with E-state index in [1.807, 2.05) is 0 Å². The van der Waals surface area contributed by atoms with Crippen molar-refractivity contribution in [3.05, 3.63) is 11.7 Å². The Labute approximate surface area is 89.9 Å². The molecule has 0 nitrogen and oxygen atoms in total. The molecular weight excluding hydrogens is 300 g/mol. The maximum atomic E-state index is 12.2. The van der Waals surface area contributed by atoms with Crippen LogP contribution in [0.1, 0.15) is 0 Å². The summed E-state index contributed by atoms with van der Waals surface area (Å²) in [6.45, 7) is 0. The van der Waals surface area contributed by atoms with E-state index in [9.17, 15) is 52.7 Å². The smallest absolute Gasteiger partial charge is 0.202 e. The molecule has 108 valence electrons. The van der Waals surface area contributed by atoms with E-state index in [0.717, 1.165) is 0 Å². The first-order valence-electron chi connectivity index (χ1n) is 3.52. The predicted octanol–water partition coefficient (Wildman–Crippen LogP) is 4.53. The van der Waals surface area contributed by atoms with Gasteiger partial charge in [0.1, 0.15) is 0 Å². The van der Waals surface area contributed by atoms with Gasteiger partial charge in [-0.3, -0.25) is 0 Å². The Morgan fingerprint density at radius 1 is 0.556 bits per heavy atom. The zero-order chi connectivity index (χ0) is 15.2. The fourth-order valence-corrected chi connectivity index (χ4v) is 0.578. The summed E-state index contributed by atoms with van der Waals surface area (Å²) in [6, 6.07) is 0. The molecule has 0 fully saturated rings. The zero-order valence-electron chi connectivity index (χ0n) is 7.54. The van der Waals surface area contributed by atoms with Gasteiger partial charge in [0.2, 0.25) is 11.7 Å². The van der Waals surface area contributed by atoms with Crippen molar-refractivity contribution in [2.24, 2.45) is 0 Å². The van der Waals surface area contributed by atoms with Crippen LogP contribution >= 0.6 is 0 Å². The summed E-state index contributed by atoms with van der Waals surface area (Å²) in [5.74, 6) is -23.1. The molecule has 0 aromatic rings. The third kappa shape index (κ3) is 2.66. The van der Waals surface area contributed by atoms with Crippen LogP contribution in [0.2, 0.25) is 0 Å². The van der Waals surface area contributed by atoms with Crippen LogP contribution in [0.4, 0.5) is 52.7 Å². The quantitative estimate of drug-likeness (QED) is 0.657. The molecule has 0 N–H and O–H groups in total. The Kier molecular flexibility index (Phi) is 3.97. The average molecular weight is 300 g/mol. The van der Waals surface area contributed by atoms with Crippen molar-refractivity contribution in [3.8, 4) is 0 Å². The normalized spacial score (nSPS) is 16.7. The SMILES string of the molecule is FC(=C(F)C(F)(F)C(F)(F)C(F)(F)F)C(F)(F)F. The second-order valence-electron chi connectivity index (χ2n) is 2.77. The van der Waals surface area contributed by atoms with Crippen LogP contribution in [0.15, 0.2) is 11.7 Å². The van der Waals surface area contributed by atoms with Crippen LogP contribution in [-0.2, 0) is 0 Å². The van der Waals surface area contributed by atoms with E-state index in [2.05, 4.69) is 0 Å². The summed E-state index contributed by atoms with van der Waals surface area (Å²) in [7, 11) is 0. The fourth-order valence-electron chi connectivity index (χ4n) is 0.578. The topological polar surface area (TPSA) is 0 Å². The molecule has 0 aromatic heterocycles. The van der Waals surface area contributed by atoms with Gasteiger partial charge in [-0.15, -0.1) is 0 Å². The van der Waals surface area contributed by atoms with Crippen LogP contribution in [0.5, 0.6) is 0 Å². The van der Waals surface area contributed by atoms with E-state index in [1.165, 1.54) is 0 Å². The minimum atomic E-state index is -7.20. The summed E-state index contributed by atoms with van der Waals surface area (Å²) in [6.07, 6.45) is -13.5. The van der Waals surface area contributed by atoms with Gasteiger partial charge in [-0.25, -0.2) is 4.39 Å². The van der Waals surface area contributed by atoms with Crippen molar-refractivity contribution >= 4 is 0 Å². The third-order valence-electron chi connectivity index (χ3n) is 1.47. The van der Waals surface area contributed by atoms with Gasteiger partial charge in [-0.1, -0.05) is 0 Å². The van der Waals surface area contributed by atoms with Crippen LogP contribution in [-0.4, -0.2) is 24.2 Å². The molecule has 12 heteroatoms. The molecule has 0 aliphatic carbocycles. The second kappa shape index (κ2) is 4.23. The van der Waals surface area contributed by atoms with Crippen LogP contribution in [0, 0.1) is 0 Å². The van der Waals surface area contributed by atoms with Gasteiger partial charge < -0.3 is 0 Å². The molecule has 0 rings (SSSR count). The summed E-state index contributed by atoms with van der Waals surface area (Å²) < 4.78 is 141. The molecule has 0 amide bonds. The molecule has 0 unspecified atom stereocenters. The highest BCUT2D eigenvalue weighted by atomic mass is 19.4. The van der Waals surface area contributed by atoms with Crippen molar-refractivity contribution < 1.29 is 52.7 Å². The van der Waals surface area contributed by atoms with Crippen molar-refractivity contribution in [1.29, 1.82) is 0 Å². The van der Waals surface area contributed by atoms with Gasteiger partial charge in [0.05, 0.1) is 0 Å². The van der Waals surface area contributed by atoms with Crippen molar-refractivity contribution in [2.75, 3.05) is 0 Å². The molecule has 0 aliphatic heterocycles. The lowest BCUT2D eigenvalue weighted by molar-refractivity contribution is -0.348. The highest BCUT2D eigenvalue weighted by Gasteiger charge is 2.76. The van der Waals surface area contributed by atoms with E-state index < -0.39 is 35.9 Å². The molecule has 0 atom stereocenters. The van der Waals surface area contributed by atoms with Crippen molar-refractivity contribution in [3.63, 3.8) is 0 Å². The number of hydrogen-bond donors (Lipinski definition) is 0. The van der Waals surface area contributed by atoms with E-state index in [1.54, 1.807) is 0 Å². The van der Waals surface area contributed by atoms with Gasteiger partial charge >= 0.3 is 24.2 Å². The van der Waals surface area contributed by atoms with Crippen molar-refractivity contribution in [1.82, 2.24) is 0 Å². The lowest BCUT2D eigenvalue weighted by Gasteiger charge is -2.27. The summed E-state index contributed by atoms with van der Waals surface area (Å²) in [4.78, 5) is 0. The molecule has 0 bridgehead atoms. The van der Waals surface area contributed by atoms with Crippen LogP contribution in [0.3, 0.4) is 0 Å². The number of allylic oxidation sites excluding steroid dienone is 2. The summed E-state index contributed by atoms with van der Waals surface area (Å²) in [5, 5.41) is 0. The minimum absolute atomic E-state index is 4.36. The lowest BCUT2D eigenvalue weighted by atomic mass is 10.1. The summed E-state index contributed by atoms with van der Waals surface area (Å²) in [5.41, 5.74) is 0. The number of alkyl halides is 10. The van der Waals surface area contributed by atoms with Crippen molar-refractivity contribution in [2.45, 2.75) is 24.2 Å². The Morgan fingerprint density at radius 3 is 1.11 bits per heavy atom. The largest absolute Gasteiger partial charge is 0.460 e. The van der Waals surface area contributed by atoms with Crippen LogP contribution < -0.4 is 0 Å². The maximum absolute atomic E-state index is 12.2. The average Bonchev–Trinajstić information content (AvgIpc) is 2.11. The Hall–Kier alpha value is -1.10. The Bertz CT molecular complexity index is 341. The minimum Gasteiger partial charge on any atom is -0.202 e. The second-order valence-corrected chi connectivity index (χ2v) is 2.77. The van der Waals surface area contributed by atoms with E-state index in [0.29, 0.717) is 0 Å². The zero-order valence-corrected chi connectivity index (χ0v) is 7.54. The highest BCUT2D eigenvalue weighted by Crippen LogP contribution is 2.51. The first-order chi connectivity index (χ1) is 7.57. The molecule has 0 saturated carbocycles. The number of halogens is 12. The summed E-state index contributed by atoms with van der Waals surface area (Å²) >= 11 is 0. The van der Waals surface area contributed by atoms with Gasteiger partial charge in [0.25, 0.3) is 0 Å². The molecular formula is C6F12. The first-order valence-corrected chi connectivity index (χ1v) is 3.52. The van der Waals surface area contributed by atoms with E-state index in [-0.39, 0.29) is 0 Å². The molecule has 0 heterocycles. The van der Waals surface area contributed by atoms with Crippen LogP contribution in [0.25, 0.3) is 0 Å².